The standard InChI is InChI=1S/C19H16ClNO3/c1-12(22)14-3-2-4-17(10-14)21-18(23)11-15(19(21)24)9-13-5-7-16(20)8-6-13/h2-8,10,15H,9,11H2,1H3. The summed E-state index contributed by atoms with van der Waals surface area (Å²) < 4.78 is 0. The molecule has 0 saturated carbocycles. The number of hydrogen-bond donors (Lipinski definition) is 0. The van der Waals surface area contributed by atoms with Crippen molar-refractivity contribution in [1.82, 2.24) is 0 Å². The van der Waals surface area contributed by atoms with Crippen LogP contribution in [0.5, 0.6) is 0 Å². The molecule has 0 bridgehead atoms. The predicted molar refractivity (Wildman–Crippen MR) is 92.2 cm³/mol. The monoisotopic (exact) mass is 341 g/mol. The minimum absolute atomic E-state index is 0.103. The molecule has 0 radical (unpaired) electrons. The molecule has 1 saturated heterocycles. The zero-order valence-corrected chi connectivity index (χ0v) is 13.9. The molecule has 4 nitrogen and oxygen atoms in total. The van der Waals surface area contributed by atoms with E-state index in [9.17, 15) is 14.4 Å². The lowest BCUT2D eigenvalue weighted by Crippen LogP contribution is -2.31. The molecule has 1 aliphatic heterocycles. The van der Waals surface area contributed by atoms with Crippen LogP contribution in [0.2, 0.25) is 5.02 Å². The molecular weight excluding hydrogens is 326 g/mol. The van der Waals surface area contributed by atoms with Crippen LogP contribution in [0.4, 0.5) is 5.69 Å². The van der Waals surface area contributed by atoms with E-state index in [1.807, 2.05) is 12.1 Å². The summed E-state index contributed by atoms with van der Waals surface area (Å²) in [5, 5.41) is 0.634. The Morgan fingerprint density at radius 1 is 1.17 bits per heavy atom. The quantitative estimate of drug-likeness (QED) is 0.630. The van der Waals surface area contributed by atoms with Crippen molar-refractivity contribution in [1.29, 1.82) is 0 Å². The van der Waals surface area contributed by atoms with Crippen molar-refractivity contribution in [2.75, 3.05) is 4.90 Å². The largest absolute Gasteiger partial charge is 0.295 e. The van der Waals surface area contributed by atoms with Crippen molar-refractivity contribution in [3.63, 3.8) is 0 Å². The van der Waals surface area contributed by atoms with E-state index >= 15 is 0 Å². The van der Waals surface area contributed by atoms with Crippen LogP contribution in [0.25, 0.3) is 0 Å². The third-order valence-electron chi connectivity index (χ3n) is 4.15. The smallest absolute Gasteiger partial charge is 0.237 e. The van der Waals surface area contributed by atoms with Gasteiger partial charge in [0.25, 0.3) is 0 Å². The second-order valence-electron chi connectivity index (χ2n) is 5.91. The highest BCUT2D eigenvalue weighted by Crippen LogP contribution is 2.29. The Bertz CT molecular complexity index is 814. The molecule has 2 aromatic rings. The van der Waals surface area contributed by atoms with Gasteiger partial charge in [-0.3, -0.25) is 19.3 Å². The van der Waals surface area contributed by atoms with Crippen molar-refractivity contribution in [3.8, 4) is 0 Å². The van der Waals surface area contributed by atoms with Gasteiger partial charge in [0.05, 0.1) is 11.6 Å². The van der Waals surface area contributed by atoms with Gasteiger partial charge in [0, 0.05) is 17.0 Å². The summed E-state index contributed by atoms with van der Waals surface area (Å²) in [6.45, 7) is 1.45. The summed E-state index contributed by atoms with van der Waals surface area (Å²) in [5.74, 6) is -0.955. The van der Waals surface area contributed by atoms with Crippen LogP contribution >= 0.6 is 11.6 Å². The Kier molecular flexibility index (Phi) is 4.49. The zero-order valence-electron chi connectivity index (χ0n) is 13.2. The van der Waals surface area contributed by atoms with E-state index in [2.05, 4.69) is 0 Å². The van der Waals surface area contributed by atoms with E-state index in [-0.39, 0.29) is 29.9 Å². The van der Waals surface area contributed by atoms with Gasteiger partial charge >= 0.3 is 0 Å². The summed E-state index contributed by atoms with van der Waals surface area (Å²) in [5.41, 5.74) is 1.90. The number of anilines is 1. The molecule has 0 aliphatic carbocycles. The minimum Gasteiger partial charge on any atom is -0.295 e. The van der Waals surface area contributed by atoms with Gasteiger partial charge in [-0.05, 0) is 43.2 Å². The Morgan fingerprint density at radius 2 is 1.88 bits per heavy atom. The number of amides is 2. The summed E-state index contributed by atoms with van der Waals surface area (Å²) in [6.07, 6.45) is 0.663. The highest BCUT2D eigenvalue weighted by Gasteiger charge is 2.39. The van der Waals surface area contributed by atoms with E-state index in [1.165, 1.54) is 11.8 Å². The molecule has 1 atom stereocenters. The van der Waals surface area contributed by atoms with Gasteiger partial charge in [-0.25, -0.2) is 0 Å². The zero-order chi connectivity index (χ0) is 17.3. The fourth-order valence-electron chi connectivity index (χ4n) is 2.89. The molecule has 0 spiro atoms. The Labute approximate surface area is 145 Å². The molecule has 1 heterocycles. The van der Waals surface area contributed by atoms with Gasteiger partial charge in [0.15, 0.2) is 5.78 Å². The molecule has 1 fully saturated rings. The molecule has 0 N–H and O–H groups in total. The Hall–Kier alpha value is -2.46. The lowest BCUT2D eigenvalue weighted by molar-refractivity contribution is -0.122. The maximum absolute atomic E-state index is 12.7. The number of carbonyl (C=O) groups is 3. The van der Waals surface area contributed by atoms with Crippen LogP contribution in [0.15, 0.2) is 48.5 Å². The second-order valence-corrected chi connectivity index (χ2v) is 6.34. The number of carbonyl (C=O) groups excluding carboxylic acids is 3. The highest BCUT2D eigenvalue weighted by atomic mass is 35.5. The third-order valence-corrected chi connectivity index (χ3v) is 4.40. The SMILES string of the molecule is CC(=O)c1cccc(N2C(=O)CC(Cc3ccc(Cl)cc3)C2=O)c1. The van der Waals surface area contributed by atoms with E-state index < -0.39 is 0 Å². The van der Waals surface area contributed by atoms with Gasteiger partial charge < -0.3 is 0 Å². The number of imide groups is 1. The molecular formula is C19H16ClNO3. The summed E-state index contributed by atoms with van der Waals surface area (Å²) >= 11 is 5.87. The molecule has 5 heteroatoms. The van der Waals surface area contributed by atoms with Gasteiger partial charge in [-0.15, -0.1) is 0 Å². The van der Waals surface area contributed by atoms with Gasteiger partial charge in [-0.1, -0.05) is 35.9 Å². The maximum Gasteiger partial charge on any atom is 0.237 e. The van der Waals surface area contributed by atoms with Crippen LogP contribution in [0, 0.1) is 5.92 Å². The average molecular weight is 342 g/mol. The number of ketones is 1. The molecule has 1 aliphatic rings. The number of halogens is 1. The first-order chi connectivity index (χ1) is 11.5. The molecule has 0 aromatic heterocycles. The van der Waals surface area contributed by atoms with Gasteiger partial charge in [-0.2, -0.15) is 0 Å². The average Bonchev–Trinajstić information content (AvgIpc) is 2.83. The van der Waals surface area contributed by atoms with Crippen molar-refractivity contribution in [2.45, 2.75) is 19.8 Å². The molecule has 2 amide bonds. The van der Waals surface area contributed by atoms with Crippen LogP contribution in [-0.2, 0) is 16.0 Å². The number of hydrogen-bond acceptors (Lipinski definition) is 3. The van der Waals surface area contributed by atoms with Crippen molar-refractivity contribution < 1.29 is 14.4 Å². The lowest BCUT2D eigenvalue weighted by Gasteiger charge is -2.16. The van der Waals surface area contributed by atoms with Crippen molar-refractivity contribution in [2.24, 2.45) is 5.92 Å². The van der Waals surface area contributed by atoms with E-state index in [1.54, 1.807) is 36.4 Å². The van der Waals surface area contributed by atoms with Crippen LogP contribution in [0.3, 0.4) is 0 Å². The molecule has 2 aromatic carbocycles. The normalized spacial score (nSPS) is 17.4. The Morgan fingerprint density at radius 3 is 2.54 bits per heavy atom. The molecule has 122 valence electrons. The predicted octanol–water partition coefficient (Wildman–Crippen LogP) is 3.66. The number of Topliss-reactive ketones (excluding diaryl/α,β-unsaturated/α-hetero) is 1. The first kappa shape index (κ1) is 16.4. The summed E-state index contributed by atoms with van der Waals surface area (Å²) in [4.78, 5) is 37.7. The lowest BCUT2D eigenvalue weighted by atomic mass is 9.98. The fraction of sp³-hybridized carbons (Fsp3) is 0.211. The number of rotatable bonds is 4. The molecule has 3 rings (SSSR count). The van der Waals surface area contributed by atoms with Crippen molar-refractivity contribution in [3.05, 3.63) is 64.7 Å². The van der Waals surface area contributed by atoms with Gasteiger partial charge in [0.2, 0.25) is 11.8 Å². The molecule has 24 heavy (non-hydrogen) atoms. The Balaban J connectivity index is 1.82. The first-order valence-corrected chi connectivity index (χ1v) is 8.06. The van der Waals surface area contributed by atoms with Gasteiger partial charge in [0.1, 0.15) is 0 Å². The maximum atomic E-state index is 12.7. The van der Waals surface area contributed by atoms with E-state index in [4.69, 9.17) is 11.6 Å². The minimum atomic E-state index is -0.389. The van der Waals surface area contributed by atoms with Crippen molar-refractivity contribution >= 4 is 34.9 Å². The van der Waals surface area contributed by atoms with Crippen LogP contribution in [-0.4, -0.2) is 17.6 Å². The number of nitrogens with zero attached hydrogens (tertiary/aromatic N) is 1. The van der Waals surface area contributed by atoms with Crippen LogP contribution < -0.4 is 4.90 Å². The summed E-state index contributed by atoms with van der Waals surface area (Å²) in [7, 11) is 0. The van der Waals surface area contributed by atoms with E-state index in [0.29, 0.717) is 22.7 Å². The van der Waals surface area contributed by atoms with Crippen LogP contribution in [0.1, 0.15) is 29.3 Å². The second kappa shape index (κ2) is 6.57. The first-order valence-electron chi connectivity index (χ1n) is 7.68. The topological polar surface area (TPSA) is 54.5 Å². The third kappa shape index (κ3) is 3.24. The molecule has 1 unspecified atom stereocenters. The number of benzene rings is 2. The fourth-order valence-corrected chi connectivity index (χ4v) is 3.02. The van der Waals surface area contributed by atoms with E-state index in [0.717, 1.165) is 5.56 Å². The summed E-state index contributed by atoms with van der Waals surface area (Å²) in [6, 6.07) is 13.9. The highest BCUT2D eigenvalue weighted by molar-refractivity contribution is 6.30.